The number of nitrogens with one attached hydrogen (secondary N) is 2. The van der Waals surface area contributed by atoms with Gasteiger partial charge < -0.3 is 24.7 Å². The zero-order chi connectivity index (χ0) is 21.6. The largest absolute Gasteiger partial charge is 0.486 e. The lowest BCUT2D eigenvalue weighted by Gasteiger charge is -2.26. The number of ether oxygens (including phenoxy) is 2. The summed E-state index contributed by atoms with van der Waals surface area (Å²) in [7, 11) is 0. The number of aromatic nitrogens is 1. The molecule has 0 saturated heterocycles. The number of carbonyl (C=O) groups excluding carboxylic acids is 2. The number of rotatable bonds is 7. The van der Waals surface area contributed by atoms with Crippen molar-refractivity contribution in [1.82, 2.24) is 15.2 Å². The number of benzene rings is 2. The molecule has 2 heterocycles. The number of pyridine rings is 1. The van der Waals surface area contributed by atoms with E-state index in [1.807, 2.05) is 36.4 Å². The van der Waals surface area contributed by atoms with E-state index in [9.17, 15) is 14.4 Å². The SMILES string of the molecule is O=C(CCNC(=O)Cn1ccc2ccccc2c1=O)NC[C@@H]1COc2ccccc2O1. The van der Waals surface area contributed by atoms with E-state index in [4.69, 9.17) is 9.47 Å². The molecule has 0 fully saturated rings. The van der Waals surface area contributed by atoms with Gasteiger partial charge in [0.05, 0.1) is 6.54 Å². The maximum absolute atomic E-state index is 12.5. The highest BCUT2D eigenvalue weighted by atomic mass is 16.6. The summed E-state index contributed by atoms with van der Waals surface area (Å²) in [5, 5.41) is 6.85. The van der Waals surface area contributed by atoms with Gasteiger partial charge >= 0.3 is 0 Å². The molecule has 31 heavy (non-hydrogen) atoms. The van der Waals surface area contributed by atoms with Crippen LogP contribution in [-0.2, 0) is 16.1 Å². The Morgan fingerprint density at radius 1 is 0.968 bits per heavy atom. The van der Waals surface area contributed by atoms with Crippen LogP contribution in [0.15, 0.2) is 65.6 Å². The Morgan fingerprint density at radius 3 is 2.61 bits per heavy atom. The zero-order valence-electron chi connectivity index (χ0n) is 16.9. The average Bonchev–Trinajstić information content (AvgIpc) is 2.79. The van der Waals surface area contributed by atoms with Crippen molar-refractivity contribution in [3.8, 4) is 11.5 Å². The van der Waals surface area contributed by atoms with Crippen LogP contribution in [0.1, 0.15) is 6.42 Å². The van der Waals surface area contributed by atoms with E-state index >= 15 is 0 Å². The molecule has 0 saturated carbocycles. The minimum absolute atomic E-state index is 0.0993. The molecule has 0 spiro atoms. The predicted octanol–water partition coefficient (Wildman–Crippen LogP) is 1.46. The third-order valence-electron chi connectivity index (χ3n) is 4.97. The first-order valence-corrected chi connectivity index (χ1v) is 10.1. The molecular weight excluding hydrogens is 398 g/mol. The first-order chi connectivity index (χ1) is 15.1. The summed E-state index contributed by atoms with van der Waals surface area (Å²) >= 11 is 0. The fraction of sp³-hybridized carbons (Fsp3) is 0.261. The van der Waals surface area contributed by atoms with Crippen molar-refractivity contribution in [1.29, 1.82) is 0 Å². The third kappa shape index (κ3) is 5.03. The molecule has 160 valence electrons. The summed E-state index contributed by atoms with van der Waals surface area (Å²) in [4.78, 5) is 36.7. The molecule has 8 heteroatoms. The second kappa shape index (κ2) is 9.34. The molecule has 1 aliphatic heterocycles. The zero-order valence-corrected chi connectivity index (χ0v) is 16.9. The molecule has 2 N–H and O–H groups in total. The van der Waals surface area contributed by atoms with Crippen LogP contribution >= 0.6 is 0 Å². The lowest BCUT2D eigenvalue weighted by molar-refractivity contribution is -0.122. The van der Waals surface area contributed by atoms with Crippen molar-refractivity contribution in [2.24, 2.45) is 0 Å². The molecule has 0 aliphatic carbocycles. The fourth-order valence-corrected chi connectivity index (χ4v) is 3.36. The molecule has 2 amide bonds. The molecule has 0 radical (unpaired) electrons. The van der Waals surface area contributed by atoms with Gasteiger partial charge in [-0.05, 0) is 29.7 Å². The monoisotopic (exact) mass is 421 g/mol. The number of para-hydroxylation sites is 2. The van der Waals surface area contributed by atoms with E-state index in [0.29, 0.717) is 30.0 Å². The van der Waals surface area contributed by atoms with Crippen molar-refractivity contribution < 1.29 is 19.1 Å². The summed E-state index contributed by atoms with van der Waals surface area (Å²) in [5.41, 5.74) is -0.220. The molecular formula is C23H23N3O5. The van der Waals surface area contributed by atoms with Crippen LogP contribution in [0.25, 0.3) is 10.8 Å². The van der Waals surface area contributed by atoms with Crippen LogP contribution in [0.3, 0.4) is 0 Å². The van der Waals surface area contributed by atoms with E-state index < -0.39 is 0 Å². The number of nitrogens with zero attached hydrogens (tertiary/aromatic N) is 1. The smallest absolute Gasteiger partial charge is 0.258 e. The maximum Gasteiger partial charge on any atom is 0.258 e. The highest BCUT2D eigenvalue weighted by molar-refractivity contribution is 5.82. The fourth-order valence-electron chi connectivity index (χ4n) is 3.36. The summed E-state index contributed by atoms with van der Waals surface area (Å²) in [6, 6.07) is 16.4. The van der Waals surface area contributed by atoms with Crippen LogP contribution < -0.4 is 25.7 Å². The summed E-state index contributed by atoms with van der Waals surface area (Å²) in [6.07, 6.45) is 1.46. The Balaban J connectivity index is 1.19. The molecule has 1 aromatic heterocycles. The lowest BCUT2D eigenvalue weighted by Crippen LogP contribution is -2.41. The number of carbonyl (C=O) groups is 2. The van der Waals surface area contributed by atoms with Gasteiger partial charge in [-0.2, -0.15) is 0 Å². The van der Waals surface area contributed by atoms with Crippen molar-refractivity contribution in [3.63, 3.8) is 0 Å². The standard InChI is InChI=1S/C23H23N3O5/c27-21(25-13-17-15-30-19-7-3-4-8-20(19)31-17)9-11-24-22(28)14-26-12-10-16-5-1-2-6-18(16)23(26)29/h1-8,10,12,17H,9,11,13-15H2,(H,24,28)(H,25,27)/t17-/m1/s1. The topological polar surface area (TPSA) is 98.7 Å². The second-order valence-corrected chi connectivity index (χ2v) is 7.24. The number of hydrogen-bond acceptors (Lipinski definition) is 5. The first kappa shape index (κ1) is 20.5. The Hall–Kier alpha value is -3.81. The normalized spacial score (nSPS) is 14.8. The summed E-state index contributed by atoms with van der Waals surface area (Å²) in [6.45, 7) is 0.748. The molecule has 0 bridgehead atoms. The van der Waals surface area contributed by atoms with Gasteiger partial charge in [-0.25, -0.2) is 0 Å². The van der Waals surface area contributed by atoms with E-state index in [-0.39, 0.29) is 43.0 Å². The van der Waals surface area contributed by atoms with Crippen LogP contribution in [0.2, 0.25) is 0 Å². The maximum atomic E-state index is 12.5. The van der Waals surface area contributed by atoms with Crippen molar-refractivity contribution in [3.05, 3.63) is 71.1 Å². The molecule has 8 nitrogen and oxygen atoms in total. The van der Waals surface area contributed by atoms with E-state index in [0.717, 1.165) is 5.39 Å². The van der Waals surface area contributed by atoms with Gasteiger partial charge in [0, 0.05) is 24.5 Å². The Kier molecular flexibility index (Phi) is 6.16. The number of amides is 2. The van der Waals surface area contributed by atoms with Crippen LogP contribution in [-0.4, -0.2) is 42.2 Å². The van der Waals surface area contributed by atoms with Gasteiger partial charge in [-0.1, -0.05) is 30.3 Å². The third-order valence-corrected chi connectivity index (χ3v) is 4.97. The molecule has 1 aliphatic rings. The average molecular weight is 421 g/mol. The lowest BCUT2D eigenvalue weighted by atomic mass is 10.2. The predicted molar refractivity (Wildman–Crippen MR) is 115 cm³/mol. The number of hydrogen-bond donors (Lipinski definition) is 2. The quantitative estimate of drug-likeness (QED) is 0.602. The highest BCUT2D eigenvalue weighted by Gasteiger charge is 2.21. The van der Waals surface area contributed by atoms with E-state index in [2.05, 4.69) is 10.6 Å². The highest BCUT2D eigenvalue weighted by Crippen LogP contribution is 2.30. The minimum Gasteiger partial charge on any atom is -0.486 e. The van der Waals surface area contributed by atoms with Crippen LogP contribution in [0, 0.1) is 0 Å². The minimum atomic E-state index is -0.328. The van der Waals surface area contributed by atoms with Gasteiger partial charge in [-0.15, -0.1) is 0 Å². The van der Waals surface area contributed by atoms with Crippen LogP contribution in [0.4, 0.5) is 0 Å². The van der Waals surface area contributed by atoms with Crippen molar-refractivity contribution in [2.75, 3.05) is 19.7 Å². The summed E-state index contributed by atoms with van der Waals surface area (Å²) in [5.74, 6) is 0.818. The molecule has 2 aromatic carbocycles. The van der Waals surface area contributed by atoms with Crippen molar-refractivity contribution in [2.45, 2.75) is 19.1 Å². The molecule has 3 aromatic rings. The van der Waals surface area contributed by atoms with Gasteiger partial charge in [0.25, 0.3) is 5.56 Å². The Morgan fingerprint density at radius 2 is 1.74 bits per heavy atom. The van der Waals surface area contributed by atoms with E-state index in [1.165, 1.54) is 4.57 Å². The van der Waals surface area contributed by atoms with Gasteiger partial charge in [0.15, 0.2) is 11.5 Å². The number of fused-ring (bicyclic) bond motifs is 2. The first-order valence-electron chi connectivity index (χ1n) is 10.1. The van der Waals surface area contributed by atoms with Crippen LogP contribution in [0.5, 0.6) is 11.5 Å². The molecule has 4 rings (SSSR count). The summed E-state index contributed by atoms with van der Waals surface area (Å²) < 4.78 is 12.8. The Bertz CT molecular complexity index is 1160. The molecule has 1 atom stereocenters. The molecule has 0 unspecified atom stereocenters. The Labute approximate surface area is 178 Å². The van der Waals surface area contributed by atoms with E-state index in [1.54, 1.807) is 24.4 Å². The second-order valence-electron chi connectivity index (χ2n) is 7.24. The van der Waals surface area contributed by atoms with Gasteiger partial charge in [0.1, 0.15) is 19.3 Å². The van der Waals surface area contributed by atoms with Gasteiger partial charge in [-0.3, -0.25) is 14.4 Å². The van der Waals surface area contributed by atoms with Crippen molar-refractivity contribution >= 4 is 22.6 Å². The van der Waals surface area contributed by atoms with Gasteiger partial charge in [0.2, 0.25) is 11.8 Å².